The van der Waals surface area contributed by atoms with Crippen LogP contribution >= 0.6 is 22.9 Å². The molecule has 0 fully saturated rings. The Balaban J connectivity index is 2.93. The normalized spacial score (nSPS) is 10.8. The van der Waals surface area contributed by atoms with E-state index < -0.39 is 0 Å². The van der Waals surface area contributed by atoms with E-state index in [2.05, 4.69) is 12.3 Å². The van der Waals surface area contributed by atoms with E-state index >= 15 is 0 Å². The second-order valence-corrected chi connectivity index (χ2v) is 4.02. The van der Waals surface area contributed by atoms with E-state index in [0.717, 1.165) is 4.70 Å². The first-order valence-corrected chi connectivity index (χ1v) is 4.87. The van der Waals surface area contributed by atoms with Crippen molar-refractivity contribution < 1.29 is 0 Å². The number of benzene rings is 1. The van der Waals surface area contributed by atoms with E-state index in [0.29, 0.717) is 10.7 Å². The molecule has 2 N–H and O–H groups in total. The van der Waals surface area contributed by atoms with Gasteiger partial charge in [0.1, 0.15) is 0 Å². The Bertz CT molecular complexity index is 433. The lowest BCUT2D eigenvalue weighted by atomic mass is 10.2. The zero-order chi connectivity index (χ0) is 8.72. The van der Waals surface area contributed by atoms with Crippen LogP contribution in [0.4, 0.5) is 5.69 Å². The summed E-state index contributed by atoms with van der Waals surface area (Å²) >= 11 is 7.67. The summed E-state index contributed by atoms with van der Waals surface area (Å²) in [7, 11) is 0. The van der Waals surface area contributed by atoms with Crippen LogP contribution in [0.3, 0.4) is 0 Å². The fourth-order valence-corrected chi connectivity index (χ4v) is 2.51. The van der Waals surface area contributed by atoms with Gasteiger partial charge in [0, 0.05) is 0 Å². The predicted octanol–water partition coefficient (Wildman–Crippen LogP) is 3.45. The minimum atomic E-state index is 0.658. The molecule has 62 valence electrons. The molecule has 0 radical (unpaired) electrons. The van der Waals surface area contributed by atoms with E-state index in [-0.39, 0.29) is 0 Å². The summed E-state index contributed by atoms with van der Waals surface area (Å²) in [6, 6.07) is 3.87. The highest BCUT2D eigenvalue weighted by Gasteiger charge is 2.05. The Labute approximate surface area is 79.8 Å². The molecule has 0 aliphatic carbocycles. The number of thiophene rings is 1. The van der Waals surface area contributed by atoms with Crippen LogP contribution in [0.5, 0.6) is 0 Å². The van der Waals surface area contributed by atoms with E-state index in [1.807, 2.05) is 12.1 Å². The lowest BCUT2D eigenvalue weighted by molar-refractivity contribution is 1.60. The Kier molecular flexibility index (Phi) is 1.74. The summed E-state index contributed by atoms with van der Waals surface area (Å²) < 4.78 is 1.09. The average Bonchev–Trinajstić information content (AvgIpc) is 2.41. The number of nitrogens with two attached hydrogens (primary N) is 1. The molecule has 0 amide bonds. The number of rotatable bonds is 0. The summed E-state index contributed by atoms with van der Waals surface area (Å²) in [6.45, 7) is 2.07. The predicted molar refractivity (Wildman–Crippen MR) is 56.0 cm³/mol. The minimum absolute atomic E-state index is 0.658. The van der Waals surface area contributed by atoms with Gasteiger partial charge in [-0.25, -0.2) is 0 Å². The number of hydrogen-bond donors (Lipinski definition) is 1. The van der Waals surface area contributed by atoms with Crippen LogP contribution in [0.1, 0.15) is 5.56 Å². The van der Waals surface area contributed by atoms with E-state index in [1.165, 1.54) is 10.9 Å². The maximum absolute atomic E-state index is 6.02. The first-order valence-electron chi connectivity index (χ1n) is 3.62. The van der Waals surface area contributed by atoms with E-state index in [1.54, 1.807) is 11.3 Å². The molecule has 3 heteroatoms. The molecule has 2 rings (SSSR count). The molecule has 0 aliphatic rings. The second-order valence-electron chi connectivity index (χ2n) is 2.76. The molecule has 0 bridgehead atoms. The third kappa shape index (κ3) is 0.993. The van der Waals surface area contributed by atoms with Gasteiger partial charge in [0.25, 0.3) is 0 Å². The van der Waals surface area contributed by atoms with Crippen molar-refractivity contribution in [2.24, 2.45) is 0 Å². The molecule has 0 saturated heterocycles. The van der Waals surface area contributed by atoms with Crippen molar-refractivity contribution in [1.82, 2.24) is 0 Å². The van der Waals surface area contributed by atoms with Gasteiger partial charge in [0.2, 0.25) is 0 Å². The zero-order valence-electron chi connectivity index (χ0n) is 6.60. The Morgan fingerprint density at radius 1 is 1.42 bits per heavy atom. The molecule has 12 heavy (non-hydrogen) atoms. The van der Waals surface area contributed by atoms with Gasteiger partial charge in [-0.1, -0.05) is 17.7 Å². The highest BCUT2D eigenvalue weighted by molar-refractivity contribution is 7.18. The van der Waals surface area contributed by atoms with Crippen molar-refractivity contribution in [3.8, 4) is 0 Å². The average molecular weight is 198 g/mol. The van der Waals surface area contributed by atoms with Crippen molar-refractivity contribution in [3.63, 3.8) is 0 Å². The van der Waals surface area contributed by atoms with Crippen LogP contribution < -0.4 is 5.73 Å². The maximum atomic E-state index is 6.02. The number of aryl methyl sites for hydroxylation is 1. The van der Waals surface area contributed by atoms with Gasteiger partial charge in [0.15, 0.2) is 0 Å². The Morgan fingerprint density at radius 2 is 2.17 bits per heavy atom. The van der Waals surface area contributed by atoms with Gasteiger partial charge in [-0.3, -0.25) is 0 Å². The first kappa shape index (κ1) is 7.90. The van der Waals surface area contributed by atoms with Crippen LogP contribution in [-0.2, 0) is 0 Å². The molecule has 0 spiro atoms. The highest BCUT2D eigenvalue weighted by Crippen LogP contribution is 2.35. The number of halogens is 1. The van der Waals surface area contributed by atoms with Gasteiger partial charge < -0.3 is 5.73 Å². The van der Waals surface area contributed by atoms with Crippen molar-refractivity contribution in [2.75, 3.05) is 5.73 Å². The van der Waals surface area contributed by atoms with E-state index in [4.69, 9.17) is 17.3 Å². The van der Waals surface area contributed by atoms with Crippen LogP contribution in [-0.4, -0.2) is 0 Å². The first-order chi connectivity index (χ1) is 5.70. The van der Waals surface area contributed by atoms with Crippen LogP contribution in [0.15, 0.2) is 17.5 Å². The van der Waals surface area contributed by atoms with Crippen LogP contribution in [0.25, 0.3) is 10.1 Å². The molecule has 0 saturated carbocycles. The van der Waals surface area contributed by atoms with Gasteiger partial charge in [-0.05, 0) is 29.3 Å². The standard InChI is InChI=1S/C9H8ClNS/c1-5-4-12-9-6(5)2-3-7(11)8(9)10/h2-4H,11H2,1H3. The molecular weight excluding hydrogens is 190 g/mol. The molecule has 2 aromatic rings. The molecule has 0 aliphatic heterocycles. The van der Waals surface area contributed by atoms with Gasteiger partial charge >= 0.3 is 0 Å². The third-order valence-electron chi connectivity index (χ3n) is 1.91. The quantitative estimate of drug-likeness (QED) is 0.644. The molecule has 1 nitrogen and oxygen atoms in total. The minimum Gasteiger partial charge on any atom is -0.397 e. The molecule has 1 heterocycles. The molecule has 1 aromatic carbocycles. The molecule has 0 unspecified atom stereocenters. The lowest BCUT2D eigenvalue weighted by Gasteiger charge is -1.98. The summed E-state index contributed by atoms with van der Waals surface area (Å²) in [5.74, 6) is 0. The monoisotopic (exact) mass is 197 g/mol. The van der Waals surface area contributed by atoms with Gasteiger partial charge in [-0.15, -0.1) is 11.3 Å². The number of nitrogen functional groups attached to an aromatic ring is 1. The van der Waals surface area contributed by atoms with Gasteiger partial charge in [-0.2, -0.15) is 0 Å². The van der Waals surface area contributed by atoms with Crippen molar-refractivity contribution in [3.05, 3.63) is 28.1 Å². The maximum Gasteiger partial charge on any atom is 0.0813 e. The number of hydrogen-bond acceptors (Lipinski definition) is 2. The second kappa shape index (κ2) is 2.64. The Morgan fingerprint density at radius 3 is 2.92 bits per heavy atom. The summed E-state index contributed by atoms with van der Waals surface area (Å²) in [5.41, 5.74) is 7.59. The highest BCUT2D eigenvalue weighted by atomic mass is 35.5. The largest absolute Gasteiger partial charge is 0.397 e. The fraction of sp³-hybridized carbons (Fsp3) is 0.111. The van der Waals surface area contributed by atoms with Crippen LogP contribution in [0, 0.1) is 6.92 Å². The summed E-state index contributed by atoms with van der Waals surface area (Å²) in [6.07, 6.45) is 0. The number of anilines is 1. The topological polar surface area (TPSA) is 26.0 Å². The van der Waals surface area contributed by atoms with E-state index in [9.17, 15) is 0 Å². The SMILES string of the molecule is Cc1csc2c(Cl)c(N)ccc12. The lowest BCUT2D eigenvalue weighted by Crippen LogP contribution is -1.84. The fourth-order valence-electron chi connectivity index (χ4n) is 1.21. The van der Waals surface area contributed by atoms with Gasteiger partial charge in [0.05, 0.1) is 15.4 Å². The van der Waals surface area contributed by atoms with Crippen molar-refractivity contribution in [1.29, 1.82) is 0 Å². The molecular formula is C9H8ClNS. The molecule has 0 atom stereocenters. The third-order valence-corrected chi connectivity index (χ3v) is 3.56. The number of fused-ring (bicyclic) bond motifs is 1. The van der Waals surface area contributed by atoms with Crippen molar-refractivity contribution >= 4 is 38.7 Å². The smallest absolute Gasteiger partial charge is 0.0813 e. The van der Waals surface area contributed by atoms with Crippen LogP contribution in [0.2, 0.25) is 5.02 Å². The molecule has 1 aromatic heterocycles. The Hall–Kier alpha value is -0.730. The summed E-state index contributed by atoms with van der Waals surface area (Å²) in [5, 5.41) is 3.99. The van der Waals surface area contributed by atoms with Crippen molar-refractivity contribution in [2.45, 2.75) is 6.92 Å². The zero-order valence-corrected chi connectivity index (χ0v) is 8.17. The summed E-state index contributed by atoms with van der Waals surface area (Å²) in [4.78, 5) is 0.